The van der Waals surface area contributed by atoms with Crippen LogP contribution < -0.4 is 10.6 Å². The minimum absolute atomic E-state index is 0.0780. The molecular weight excluding hydrogens is 735 g/mol. The SMILES string of the molecule is CC(C)(C)S(C)(C)C.CC=O.CCCCCCBr.CCCc1ccc(-c2nc(C(=O)NC(CS)C(=O)NCC(=O)OC)cs2)cc1.CO. The van der Waals surface area contributed by atoms with Crippen molar-refractivity contribution >= 4 is 74.0 Å². The highest BCUT2D eigenvalue weighted by atomic mass is 79.9. The predicted octanol–water partition coefficient (Wildman–Crippen LogP) is 7.33. The molecule has 0 aliphatic heterocycles. The van der Waals surface area contributed by atoms with E-state index in [-0.39, 0.29) is 28.0 Å². The third kappa shape index (κ3) is 24.2. The summed E-state index contributed by atoms with van der Waals surface area (Å²) < 4.78 is 4.98. The second-order valence-electron chi connectivity index (χ2n) is 11.9. The summed E-state index contributed by atoms with van der Waals surface area (Å²) in [6, 6.07) is 7.20. The third-order valence-electron chi connectivity index (χ3n) is 6.74. The number of rotatable bonds is 13. The summed E-state index contributed by atoms with van der Waals surface area (Å²) in [6.45, 7) is 12.5. The van der Waals surface area contributed by atoms with E-state index in [0.717, 1.165) is 36.8 Å². The maximum Gasteiger partial charge on any atom is 0.325 e. The van der Waals surface area contributed by atoms with Crippen LogP contribution in [0.2, 0.25) is 0 Å². The Balaban J connectivity index is -0.000000827. The standard InChI is InChI=1S/C19H23N3O4S2.C7H18S.C6H13Br.C2H4O.CH4O/c1-3-4-12-5-7-13(8-6-12)19-22-15(11-28-19)18(25)21-14(10-27)17(24)20-9-16(23)26-2;1-7(2,3)8(4,5)6;1-2-3-4-5-6-7;1-2-3;1-2/h5-8,11,14,27H,3-4,9-10H2,1-2H3,(H,20,24)(H,21,25);1-6H3;2-6H2,1H3;2H,1H3;2H,1H3. The number of thiazole rings is 1. The van der Waals surface area contributed by atoms with Gasteiger partial charge in [-0.15, -0.1) is 11.3 Å². The van der Waals surface area contributed by atoms with E-state index in [9.17, 15) is 14.4 Å². The number of hydrogen-bond donors (Lipinski definition) is 4. The summed E-state index contributed by atoms with van der Waals surface area (Å²) in [4.78, 5) is 48.8. The van der Waals surface area contributed by atoms with Gasteiger partial charge in [0.2, 0.25) is 5.91 Å². The number of aliphatic hydroxyl groups excluding tert-OH is 1. The molecule has 0 radical (unpaired) electrons. The van der Waals surface area contributed by atoms with Crippen LogP contribution >= 0.6 is 49.9 Å². The molecule has 0 saturated carbocycles. The molecule has 1 heterocycles. The monoisotopic (exact) mass is 795 g/mol. The van der Waals surface area contributed by atoms with E-state index in [4.69, 9.17) is 9.90 Å². The Morgan fingerprint density at radius 1 is 1.06 bits per heavy atom. The molecule has 48 heavy (non-hydrogen) atoms. The van der Waals surface area contributed by atoms with Crippen LogP contribution in [0.25, 0.3) is 10.6 Å². The number of amides is 2. The van der Waals surface area contributed by atoms with Crippen LogP contribution in [0.1, 0.15) is 89.7 Å². The van der Waals surface area contributed by atoms with Crippen LogP contribution in [0.15, 0.2) is 29.6 Å². The Hall–Kier alpha value is -1.93. The smallest absolute Gasteiger partial charge is 0.325 e. The Kier molecular flexibility index (Phi) is 31.5. The molecular formula is C35H62BrN3O6S3. The van der Waals surface area contributed by atoms with Crippen LogP contribution in [0.3, 0.4) is 0 Å². The summed E-state index contributed by atoms with van der Waals surface area (Å²) in [5.41, 5.74) is 2.42. The summed E-state index contributed by atoms with van der Waals surface area (Å²) in [5, 5.41) is 15.5. The van der Waals surface area contributed by atoms with E-state index >= 15 is 0 Å². The molecule has 0 saturated heterocycles. The van der Waals surface area contributed by atoms with Crippen molar-refractivity contribution in [2.75, 3.05) is 50.6 Å². The number of aliphatic hydroxyl groups is 1. The van der Waals surface area contributed by atoms with E-state index < -0.39 is 23.8 Å². The molecule has 2 aromatic rings. The predicted molar refractivity (Wildman–Crippen MR) is 215 cm³/mol. The third-order valence-corrected chi connectivity index (χ3v) is 12.2. The number of aryl methyl sites for hydroxylation is 1. The van der Waals surface area contributed by atoms with Crippen molar-refractivity contribution in [1.29, 1.82) is 0 Å². The van der Waals surface area contributed by atoms with Crippen LogP contribution in [0.4, 0.5) is 0 Å². The van der Waals surface area contributed by atoms with Gasteiger partial charge in [-0.1, -0.05) is 100 Å². The number of carbonyl (C=O) groups excluding carboxylic acids is 4. The highest BCUT2D eigenvalue weighted by molar-refractivity contribution is 9.09. The lowest BCUT2D eigenvalue weighted by Crippen LogP contribution is -2.49. The van der Waals surface area contributed by atoms with Gasteiger partial charge in [0.15, 0.2) is 0 Å². The lowest BCUT2D eigenvalue weighted by Gasteiger charge is -2.40. The zero-order chi connectivity index (χ0) is 37.8. The summed E-state index contributed by atoms with van der Waals surface area (Å²) in [5.74, 6) is -1.49. The molecule has 1 aromatic heterocycles. The molecule has 13 heteroatoms. The topological polar surface area (TPSA) is 135 Å². The molecule has 0 aliphatic rings. The number of esters is 1. The van der Waals surface area contributed by atoms with E-state index in [0.29, 0.717) is 4.75 Å². The van der Waals surface area contributed by atoms with Gasteiger partial charge in [-0.25, -0.2) is 15.0 Å². The Morgan fingerprint density at radius 3 is 2.02 bits per heavy atom. The number of ether oxygens (including phenoxy) is 1. The van der Waals surface area contributed by atoms with Crippen LogP contribution in [0.5, 0.6) is 0 Å². The number of thiol groups is 1. The highest BCUT2D eigenvalue weighted by Crippen LogP contribution is 2.48. The van der Waals surface area contributed by atoms with E-state index in [1.807, 2.05) is 12.1 Å². The first kappa shape index (κ1) is 50.4. The van der Waals surface area contributed by atoms with Crippen molar-refractivity contribution in [3.05, 3.63) is 40.9 Å². The Morgan fingerprint density at radius 2 is 1.60 bits per heavy atom. The lowest BCUT2D eigenvalue weighted by atomic mass is 10.1. The van der Waals surface area contributed by atoms with E-state index in [1.165, 1.54) is 61.9 Å². The molecule has 0 aliphatic carbocycles. The van der Waals surface area contributed by atoms with E-state index in [1.54, 1.807) is 5.38 Å². The maximum absolute atomic E-state index is 12.4. The van der Waals surface area contributed by atoms with Gasteiger partial charge in [0.05, 0.1) is 7.11 Å². The number of unbranched alkanes of at least 4 members (excludes halogenated alkanes) is 3. The molecule has 9 nitrogen and oxygen atoms in total. The first-order valence-corrected chi connectivity index (χ1v) is 21.4. The molecule has 1 unspecified atom stereocenters. The average molecular weight is 797 g/mol. The molecule has 0 bridgehead atoms. The zero-order valence-electron chi connectivity index (χ0n) is 31.0. The van der Waals surface area contributed by atoms with Gasteiger partial charge in [-0.3, -0.25) is 14.4 Å². The molecule has 2 amide bonds. The number of nitrogens with one attached hydrogen (secondary N) is 2. The summed E-state index contributed by atoms with van der Waals surface area (Å²) in [6.07, 6.45) is 15.4. The van der Waals surface area contributed by atoms with Crippen LogP contribution in [-0.2, 0) is 25.5 Å². The van der Waals surface area contributed by atoms with Crippen molar-refractivity contribution in [3.63, 3.8) is 0 Å². The van der Waals surface area contributed by atoms with E-state index in [2.05, 4.69) is 114 Å². The second kappa shape index (κ2) is 29.9. The molecule has 3 N–H and O–H groups in total. The lowest BCUT2D eigenvalue weighted by molar-refractivity contribution is -0.141. The number of aromatic nitrogens is 1. The van der Waals surface area contributed by atoms with Crippen molar-refractivity contribution in [2.24, 2.45) is 0 Å². The number of alkyl halides is 1. The van der Waals surface area contributed by atoms with Gasteiger partial charge in [-0.05, 0) is 48.8 Å². The van der Waals surface area contributed by atoms with Crippen LogP contribution in [0, 0.1) is 0 Å². The average Bonchev–Trinajstić information content (AvgIpc) is 3.55. The molecule has 0 fully saturated rings. The fourth-order valence-corrected chi connectivity index (χ4v) is 4.38. The fourth-order valence-electron chi connectivity index (χ4n) is 2.92. The minimum atomic E-state index is -0.890. The minimum Gasteiger partial charge on any atom is -0.468 e. The van der Waals surface area contributed by atoms with Gasteiger partial charge in [-0.2, -0.15) is 12.6 Å². The number of aldehydes is 1. The zero-order valence-corrected chi connectivity index (χ0v) is 35.1. The second-order valence-corrected chi connectivity index (χ2v) is 18.8. The molecule has 0 spiro atoms. The first-order valence-electron chi connectivity index (χ1n) is 16.0. The quantitative estimate of drug-likeness (QED) is 0.0549. The van der Waals surface area contributed by atoms with Gasteiger partial charge < -0.3 is 25.3 Å². The number of benzene rings is 1. The summed E-state index contributed by atoms with van der Waals surface area (Å²) in [7, 11) is 1.89. The van der Waals surface area contributed by atoms with Gasteiger partial charge in [0.1, 0.15) is 29.6 Å². The normalized spacial score (nSPS) is 11.2. The number of hydrogen-bond acceptors (Lipinski definition) is 9. The van der Waals surface area contributed by atoms with Crippen molar-refractivity contribution in [1.82, 2.24) is 15.6 Å². The van der Waals surface area contributed by atoms with Gasteiger partial charge >= 0.3 is 5.97 Å². The van der Waals surface area contributed by atoms with Crippen molar-refractivity contribution < 1.29 is 29.0 Å². The molecule has 1 atom stereocenters. The largest absolute Gasteiger partial charge is 0.468 e. The van der Waals surface area contributed by atoms with Crippen LogP contribution in [-0.4, -0.2) is 95.6 Å². The molecule has 278 valence electrons. The number of nitrogens with zero attached hydrogens (tertiary/aromatic N) is 1. The number of halogens is 1. The number of carbonyl (C=O) groups is 4. The van der Waals surface area contributed by atoms with Crippen molar-refractivity contribution in [2.45, 2.75) is 90.9 Å². The first-order chi connectivity index (χ1) is 22.6. The number of methoxy groups -OCH3 is 1. The van der Waals surface area contributed by atoms with Crippen molar-refractivity contribution in [3.8, 4) is 10.6 Å². The Labute approximate surface area is 310 Å². The molecule has 1 aromatic carbocycles. The molecule has 2 rings (SSSR count). The summed E-state index contributed by atoms with van der Waals surface area (Å²) >= 11 is 8.83. The Bertz CT molecular complexity index is 1120. The van der Waals surface area contributed by atoms with Gasteiger partial charge in [0, 0.05) is 29.1 Å². The fraction of sp³-hybridized carbons (Fsp3) is 0.629. The maximum atomic E-state index is 12.4. The highest BCUT2D eigenvalue weighted by Gasteiger charge is 2.23. The van der Waals surface area contributed by atoms with Gasteiger partial charge in [0.25, 0.3) is 5.91 Å².